The van der Waals surface area contributed by atoms with Crippen molar-refractivity contribution in [1.82, 2.24) is 0 Å². The third-order valence-electron chi connectivity index (χ3n) is 4.04. The Morgan fingerprint density at radius 3 is 1.60 bits per heavy atom. The van der Waals surface area contributed by atoms with E-state index in [0.29, 0.717) is 12.8 Å². The Morgan fingerprint density at radius 1 is 0.900 bits per heavy atom. The van der Waals surface area contributed by atoms with E-state index in [-0.39, 0.29) is 5.97 Å². The number of unbranched alkanes of at least 4 members (excludes halogenated alkanes) is 3. The Balaban J connectivity index is 5.10. The van der Waals surface area contributed by atoms with Crippen LogP contribution in [0.1, 0.15) is 66.2 Å². The molecule has 0 saturated carbocycles. The van der Waals surface area contributed by atoms with Gasteiger partial charge in [0.1, 0.15) is 0 Å². The van der Waals surface area contributed by atoms with E-state index in [1.165, 1.54) is 0 Å². The van der Waals surface area contributed by atoms with Crippen LogP contribution in [-0.4, -0.2) is 37.2 Å². The number of carbonyl (C=O) groups excluding carboxylic acids is 1. The van der Waals surface area contributed by atoms with Crippen LogP contribution >= 0.6 is 17.2 Å². The quantitative estimate of drug-likeness (QED) is 0.342. The molecule has 0 unspecified atom stereocenters. The van der Waals surface area contributed by atoms with E-state index >= 15 is 0 Å². The van der Waals surface area contributed by atoms with E-state index in [1.807, 2.05) is 6.92 Å². The maximum absolute atomic E-state index is 12.1. The molecule has 0 aliphatic heterocycles. The fraction of sp³-hybridized carbons (Fsp3) is 0.938. The first-order valence-electron chi connectivity index (χ1n) is 8.31. The minimum atomic E-state index is -2.45. The molecule has 0 aromatic rings. The van der Waals surface area contributed by atoms with Crippen molar-refractivity contribution in [3.8, 4) is 0 Å². The summed E-state index contributed by atoms with van der Waals surface area (Å²) in [6.45, 7) is 8.91. The van der Waals surface area contributed by atoms with Gasteiger partial charge >= 0.3 is 130 Å². The molecule has 122 valence electrons. The van der Waals surface area contributed by atoms with Crippen molar-refractivity contribution in [2.24, 2.45) is 0 Å². The predicted molar refractivity (Wildman–Crippen MR) is 93.6 cm³/mol. The normalized spacial score (nSPS) is 13.8. The van der Waals surface area contributed by atoms with Crippen molar-refractivity contribution in [2.45, 2.75) is 66.2 Å². The zero-order valence-electron chi connectivity index (χ0n) is 13.9. The number of ether oxygens (including phenoxy) is 1. The second-order valence-corrected chi connectivity index (χ2v) is 14.2. The molecule has 0 spiro atoms. The standard InChI is InChI=1S/C16H34ClO2P/c1-5-9-12-20(17,13-10-6-2,14-11-7-3)15-16(18)19-8-4/h5-15H2,1-4H3. The Labute approximate surface area is 130 Å². The number of esters is 1. The molecule has 0 rings (SSSR count). The van der Waals surface area contributed by atoms with Gasteiger partial charge in [0.05, 0.1) is 0 Å². The van der Waals surface area contributed by atoms with E-state index in [2.05, 4.69) is 20.8 Å². The van der Waals surface area contributed by atoms with Crippen LogP contribution in [0.25, 0.3) is 0 Å². The van der Waals surface area contributed by atoms with Gasteiger partial charge in [0.2, 0.25) is 0 Å². The van der Waals surface area contributed by atoms with Crippen molar-refractivity contribution in [1.29, 1.82) is 0 Å². The summed E-state index contributed by atoms with van der Waals surface area (Å²) in [5.41, 5.74) is 0. The summed E-state index contributed by atoms with van der Waals surface area (Å²) in [6, 6.07) is 0. The zero-order valence-corrected chi connectivity index (χ0v) is 15.6. The minimum absolute atomic E-state index is 0.0801. The van der Waals surface area contributed by atoms with Crippen molar-refractivity contribution < 1.29 is 9.53 Å². The molecule has 0 N–H and O–H groups in total. The van der Waals surface area contributed by atoms with E-state index in [0.717, 1.165) is 57.0 Å². The van der Waals surface area contributed by atoms with Gasteiger partial charge in [0.15, 0.2) is 0 Å². The summed E-state index contributed by atoms with van der Waals surface area (Å²) >= 11 is 7.29. The topological polar surface area (TPSA) is 26.3 Å². The molecule has 0 saturated heterocycles. The maximum atomic E-state index is 12.1. The Bertz CT molecular complexity index is 257. The second-order valence-electron chi connectivity index (χ2n) is 6.01. The second kappa shape index (κ2) is 10.0. The van der Waals surface area contributed by atoms with Gasteiger partial charge in [-0.2, -0.15) is 0 Å². The number of rotatable bonds is 12. The van der Waals surface area contributed by atoms with Crippen LogP contribution in [0, 0.1) is 0 Å². The van der Waals surface area contributed by atoms with E-state index in [9.17, 15) is 4.79 Å². The summed E-state index contributed by atoms with van der Waals surface area (Å²) in [5.74, 6) is -2.53. The van der Waals surface area contributed by atoms with Gasteiger partial charge in [-0.1, -0.05) is 0 Å². The predicted octanol–water partition coefficient (Wildman–Crippen LogP) is 5.66. The van der Waals surface area contributed by atoms with Gasteiger partial charge in [-0.3, -0.25) is 0 Å². The molecule has 0 aliphatic rings. The van der Waals surface area contributed by atoms with Gasteiger partial charge in [0, 0.05) is 0 Å². The first kappa shape index (κ1) is 20.2. The molecule has 0 heterocycles. The number of halogens is 1. The average Bonchev–Trinajstić information content (AvgIpc) is 2.42. The molecule has 0 aromatic heterocycles. The van der Waals surface area contributed by atoms with Gasteiger partial charge in [-0.15, -0.1) is 0 Å². The third-order valence-corrected chi connectivity index (χ3v) is 11.3. The first-order chi connectivity index (χ1) is 9.43. The molecular formula is C16H34ClO2P. The van der Waals surface area contributed by atoms with Crippen molar-refractivity contribution in [2.75, 3.05) is 31.3 Å². The molecule has 0 radical (unpaired) electrons. The first-order valence-corrected chi connectivity index (χ1v) is 12.2. The van der Waals surface area contributed by atoms with Crippen LogP contribution in [0.3, 0.4) is 0 Å². The van der Waals surface area contributed by atoms with Gasteiger partial charge in [-0.05, 0) is 0 Å². The summed E-state index contributed by atoms with van der Waals surface area (Å²) in [5, 5.41) is 0. The summed E-state index contributed by atoms with van der Waals surface area (Å²) in [4.78, 5) is 12.1. The van der Waals surface area contributed by atoms with Crippen LogP contribution in [0.5, 0.6) is 0 Å². The van der Waals surface area contributed by atoms with Gasteiger partial charge in [-0.25, -0.2) is 0 Å². The van der Waals surface area contributed by atoms with Crippen LogP contribution in [0.2, 0.25) is 0 Å². The van der Waals surface area contributed by atoms with Crippen molar-refractivity contribution >= 4 is 23.2 Å². The fourth-order valence-corrected chi connectivity index (χ4v) is 9.33. The molecule has 0 aromatic carbocycles. The number of carbonyl (C=O) groups is 1. The van der Waals surface area contributed by atoms with E-state index < -0.39 is 5.96 Å². The molecule has 20 heavy (non-hydrogen) atoms. The average molecular weight is 325 g/mol. The van der Waals surface area contributed by atoms with Gasteiger partial charge in [0.25, 0.3) is 0 Å². The fourth-order valence-electron chi connectivity index (χ4n) is 2.76. The molecule has 0 amide bonds. The monoisotopic (exact) mass is 324 g/mol. The van der Waals surface area contributed by atoms with Gasteiger partial charge < -0.3 is 0 Å². The Hall–Kier alpha value is 0.190. The molecular weight excluding hydrogens is 291 g/mol. The summed E-state index contributed by atoms with van der Waals surface area (Å²) in [7, 11) is 0. The van der Waals surface area contributed by atoms with Crippen LogP contribution in [0.4, 0.5) is 0 Å². The summed E-state index contributed by atoms with van der Waals surface area (Å²) < 4.78 is 5.21. The van der Waals surface area contributed by atoms with Crippen LogP contribution in [-0.2, 0) is 9.53 Å². The summed E-state index contributed by atoms with van der Waals surface area (Å²) in [6.07, 6.45) is 10.5. The van der Waals surface area contributed by atoms with Crippen molar-refractivity contribution in [3.05, 3.63) is 0 Å². The zero-order chi connectivity index (χ0) is 15.5. The third kappa shape index (κ3) is 7.27. The van der Waals surface area contributed by atoms with Crippen LogP contribution in [0.15, 0.2) is 0 Å². The number of hydrogen-bond acceptors (Lipinski definition) is 2. The molecule has 0 bridgehead atoms. The molecule has 0 fully saturated rings. The Morgan fingerprint density at radius 2 is 1.30 bits per heavy atom. The van der Waals surface area contributed by atoms with Crippen LogP contribution < -0.4 is 0 Å². The SMILES string of the molecule is CCCCP(Cl)(CCCC)(CCCC)CC(=O)OCC. The van der Waals surface area contributed by atoms with E-state index in [4.69, 9.17) is 16.0 Å². The Kier molecular flexibility index (Phi) is 10.1. The number of hydrogen-bond donors (Lipinski definition) is 0. The molecule has 2 nitrogen and oxygen atoms in total. The molecule has 0 atom stereocenters. The molecule has 4 heteroatoms. The van der Waals surface area contributed by atoms with Crippen molar-refractivity contribution in [3.63, 3.8) is 0 Å². The van der Waals surface area contributed by atoms with E-state index in [1.54, 1.807) is 0 Å². The molecule has 0 aliphatic carbocycles.